The summed E-state index contributed by atoms with van der Waals surface area (Å²) in [7, 11) is 0. The molecule has 4 N–H and O–H groups in total. The van der Waals surface area contributed by atoms with Gasteiger partial charge >= 0.3 is 6.03 Å². The van der Waals surface area contributed by atoms with Crippen molar-refractivity contribution in [2.75, 3.05) is 19.7 Å². The first-order chi connectivity index (χ1) is 22.1. The van der Waals surface area contributed by atoms with Crippen molar-refractivity contribution in [1.82, 2.24) is 20.9 Å². The van der Waals surface area contributed by atoms with Crippen molar-refractivity contribution in [2.45, 2.75) is 77.6 Å². The van der Waals surface area contributed by atoms with E-state index in [-0.39, 0.29) is 36.8 Å². The number of hydrogen-bond acceptors (Lipinski definition) is 5. The Balaban J connectivity index is 1.51. The first-order valence-electron chi connectivity index (χ1n) is 16.2. The van der Waals surface area contributed by atoms with E-state index in [9.17, 15) is 19.5 Å². The Morgan fingerprint density at radius 3 is 2.20 bits per heavy atom. The van der Waals surface area contributed by atoms with Crippen LogP contribution in [-0.4, -0.2) is 71.8 Å². The number of aryl methyl sites for hydroxylation is 2. The molecular formula is C37H48N4O5. The quantitative estimate of drug-likeness (QED) is 0.200. The Labute approximate surface area is 272 Å². The second-order valence-electron chi connectivity index (χ2n) is 12.6. The first kappa shape index (κ1) is 34.5. The maximum Gasteiger partial charge on any atom is 0.318 e. The van der Waals surface area contributed by atoms with E-state index in [1.807, 2.05) is 107 Å². The van der Waals surface area contributed by atoms with Crippen LogP contribution in [0.4, 0.5) is 4.79 Å². The lowest BCUT2D eigenvalue weighted by Gasteiger charge is -2.37. The lowest BCUT2D eigenvalue weighted by Crippen LogP contribution is -2.59. The fraction of sp³-hybridized carbons (Fsp3) is 0.432. The lowest BCUT2D eigenvalue weighted by molar-refractivity contribution is -0.128. The van der Waals surface area contributed by atoms with Crippen LogP contribution in [0.25, 0.3) is 0 Å². The number of carbonyl (C=O) groups is 3. The van der Waals surface area contributed by atoms with Gasteiger partial charge in [-0.1, -0.05) is 92.2 Å². The summed E-state index contributed by atoms with van der Waals surface area (Å²) in [5.74, 6) is -0.0904. The van der Waals surface area contributed by atoms with Crippen LogP contribution < -0.4 is 20.7 Å². The number of benzene rings is 3. The van der Waals surface area contributed by atoms with Gasteiger partial charge in [0.25, 0.3) is 5.91 Å². The zero-order chi connectivity index (χ0) is 33.1. The van der Waals surface area contributed by atoms with Gasteiger partial charge in [-0.2, -0.15) is 0 Å². The molecule has 9 nitrogen and oxygen atoms in total. The lowest BCUT2D eigenvalue weighted by atomic mass is 9.92. The van der Waals surface area contributed by atoms with Crippen molar-refractivity contribution in [2.24, 2.45) is 5.92 Å². The molecule has 9 heteroatoms. The average molecular weight is 629 g/mol. The second kappa shape index (κ2) is 16.8. The molecule has 0 aromatic heterocycles. The van der Waals surface area contributed by atoms with E-state index in [2.05, 4.69) is 16.0 Å². The number of ether oxygens (including phenoxy) is 1. The third-order valence-electron chi connectivity index (χ3n) is 8.34. The summed E-state index contributed by atoms with van der Waals surface area (Å²) in [6.07, 6.45) is 0.833. The molecule has 4 amide bonds. The fourth-order valence-corrected chi connectivity index (χ4v) is 6.06. The predicted octanol–water partition coefficient (Wildman–Crippen LogP) is 4.33. The van der Waals surface area contributed by atoms with Crippen molar-refractivity contribution in [3.8, 4) is 5.75 Å². The molecule has 0 bridgehead atoms. The van der Waals surface area contributed by atoms with Crippen LogP contribution >= 0.6 is 0 Å². The molecule has 1 aliphatic rings. The van der Waals surface area contributed by atoms with Gasteiger partial charge in [-0.3, -0.25) is 9.59 Å². The van der Waals surface area contributed by atoms with Gasteiger partial charge in [-0.05, 0) is 68.2 Å². The molecule has 4 atom stereocenters. The Bertz CT molecular complexity index is 1430. The van der Waals surface area contributed by atoms with Crippen LogP contribution in [0.5, 0.6) is 5.75 Å². The largest absolute Gasteiger partial charge is 0.484 e. The highest BCUT2D eigenvalue weighted by Crippen LogP contribution is 2.20. The molecule has 246 valence electrons. The molecule has 0 aliphatic carbocycles. The third-order valence-corrected chi connectivity index (χ3v) is 8.34. The molecule has 3 aromatic rings. The van der Waals surface area contributed by atoms with Crippen LogP contribution in [0.3, 0.4) is 0 Å². The third kappa shape index (κ3) is 10.1. The molecular weight excluding hydrogens is 580 g/mol. The number of amides is 4. The standard InChI is InChI=1S/C37H48N4O5/c1-25(2)35(41-19-11-18-38-37(41)45)36(44)39-30(21-28-12-7-5-8-13-28)23-32(42)31(22-29-14-9-6-10-15-29)40-34(43)24-46-33-17-16-26(3)20-27(33)4/h5-10,12-17,20,25,30-32,35,42H,11,18-19,21-24H2,1-4H3,(H,38,45)(H,39,44)(H,40,43)/t30-,31-,32-,35-/m0/s1. The summed E-state index contributed by atoms with van der Waals surface area (Å²) in [4.78, 5) is 41.3. The van der Waals surface area contributed by atoms with E-state index in [1.54, 1.807) is 4.90 Å². The summed E-state index contributed by atoms with van der Waals surface area (Å²) in [6, 6.07) is 23.2. The van der Waals surface area contributed by atoms with Crippen LogP contribution in [0, 0.1) is 19.8 Å². The van der Waals surface area contributed by atoms with Crippen molar-refractivity contribution < 1.29 is 24.2 Å². The topological polar surface area (TPSA) is 120 Å². The van der Waals surface area contributed by atoms with Gasteiger partial charge in [0.05, 0.1) is 12.1 Å². The fourth-order valence-electron chi connectivity index (χ4n) is 6.06. The van der Waals surface area contributed by atoms with Gasteiger partial charge in [-0.15, -0.1) is 0 Å². The van der Waals surface area contributed by atoms with Crippen LogP contribution in [0.2, 0.25) is 0 Å². The van der Waals surface area contributed by atoms with Gasteiger partial charge in [0.15, 0.2) is 6.61 Å². The summed E-state index contributed by atoms with van der Waals surface area (Å²) in [5, 5.41) is 20.7. The molecule has 0 saturated carbocycles. The first-order valence-corrected chi connectivity index (χ1v) is 16.2. The van der Waals surface area contributed by atoms with E-state index < -0.39 is 24.2 Å². The number of hydrogen-bond donors (Lipinski definition) is 4. The number of nitrogens with one attached hydrogen (secondary N) is 3. The highest BCUT2D eigenvalue weighted by molar-refractivity contribution is 5.87. The van der Waals surface area contributed by atoms with Crippen molar-refractivity contribution >= 4 is 17.8 Å². The zero-order valence-corrected chi connectivity index (χ0v) is 27.4. The maximum atomic E-state index is 13.8. The van der Waals surface area contributed by atoms with Crippen LogP contribution in [0.15, 0.2) is 78.9 Å². The summed E-state index contributed by atoms with van der Waals surface area (Å²) in [5.41, 5.74) is 4.01. The molecule has 1 aliphatic heterocycles. The molecule has 0 unspecified atom stereocenters. The van der Waals surface area contributed by atoms with Gasteiger partial charge in [0.2, 0.25) is 5.91 Å². The number of nitrogens with zero attached hydrogens (tertiary/aromatic N) is 1. The maximum absolute atomic E-state index is 13.8. The van der Waals surface area contributed by atoms with Crippen molar-refractivity contribution in [3.63, 3.8) is 0 Å². The van der Waals surface area contributed by atoms with Gasteiger partial charge < -0.3 is 30.7 Å². The molecule has 4 rings (SSSR count). The average Bonchev–Trinajstić information content (AvgIpc) is 3.02. The highest BCUT2D eigenvalue weighted by Gasteiger charge is 2.35. The van der Waals surface area contributed by atoms with E-state index in [0.717, 1.165) is 28.7 Å². The summed E-state index contributed by atoms with van der Waals surface area (Å²) >= 11 is 0. The molecule has 1 heterocycles. The predicted molar refractivity (Wildman–Crippen MR) is 180 cm³/mol. The number of aliphatic hydroxyl groups excluding tert-OH is 1. The van der Waals surface area contributed by atoms with Gasteiger partial charge in [0.1, 0.15) is 11.8 Å². The SMILES string of the molecule is Cc1ccc(OCC(=O)N[C@@H](Cc2ccccc2)[C@@H](O)C[C@H](Cc2ccccc2)NC(=O)[C@H](C(C)C)N2CCCNC2=O)c(C)c1. The molecule has 0 spiro atoms. The zero-order valence-electron chi connectivity index (χ0n) is 27.4. The molecule has 3 aromatic carbocycles. The Morgan fingerprint density at radius 2 is 1.59 bits per heavy atom. The summed E-state index contributed by atoms with van der Waals surface area (Å²) < 4.78 is 5.82. The van der Waals surface area contributed by atoms with Crippen molar-refractivity contribution in [1.29, 1.82) is 0 Å². The monoisotopic (exact) mass is 628 g/mol. The van der Waals surface area contributed by atoms with Crippen LogP contribution in [-0.2, 0) is 22.4 Å². The number of aliphatic hydroxyl groups is 1. The van der Waals surface area contributed by atoms with Gasteiger partial charge in [0, 0.05) is 19.1 Å². The van der Waals surface area contributed by atoms with Crippen molar-refractivity contribution in [3.05, 3.63) is 101 Å². The minimum absolute atomic E-state index is 0.117. The Morgan fingerprint density at radius 1 is 0.935 bits per heavy atom. The number of rotatable bonds is 15. The minimum Gasteiger partial charge on any atom is -0.484 e. The molecule has 46 heavy (non-hydrogen) atoms. The Kier molecular flexibility index (Phi) is 12.6. The van der Waals surface area contributed by atoms with Gasteiger partial charge in [-0.25, -0.2) is 4.79 Å². The smallest absolute Gasteiger partial charge is 0.318 e. The number of carbonyl (C=O) groups excluding carboxylic acids is 3. The normalized spacial score (nSPS) is 15.8. The molecule has 1 fully saturated rings. The second-order valence-corrected chi connectivity index (χ2v) is 12.6. The number of urea groups is 1. The van der Waals surface area contributed by atoms with Crippen LogP contribution in [0.1, 0.15) is 48.9 Å². The van der Waals surface area contributed by atoms with E-state index in [4.69, 9.17) is 4.74 Å². The minimum atomic E-state index is -0.991. The Hall–Kier alpha value is -4.37. The molecule has 1 saturated heterocycles. The van der Waals surface area contributed by atoms with E-state index in [1.165, 1.54) is 0 Å². The van der Waals surface area contributed by atoms with E-state index >= 15 is 0 Å². The highest BCUT2D eigenvalue weighted by atomic mass is 16.5. The summed E-state index contributed by atoms with van der Waals surface area (Å²) in [6.45, 7) is 8.70. The van der Waals surface area contributed by atoms with E-state index in [0.29, 0.717) is 31.7 Å². The molecule has 0 radical (unpaired) electrons.